The highest BCUT2D eigenvalue weighted by Gasteiger charge is 2.24. The number of amides is 2. The van der Waals surface area contributed by atoms with E-state index in [0.29, 0.717) is 18.1 Å². The number of halogens is 2. The number of carbonyl (C=O) groups is 1. The largest absolute Gasteiger partial charge is 0.351 e. The molecule has 1 aliphatic heterocycles. The van der Waals surface area contributed by atoms with E-state index < -0.39 is 0 Å². The maximum atomic E-state index is 12.8. The molecule has 2 aromatic carbocycles. The SMILES string of the molecule is Cc1ccc(Cl)cc1NC(=O)N1CCN(c2nc3cc(Br)ccc3n3cccc23)CC1. The van der Waals surface area contributed by atoms with Crippen LogP contribution >= 0.6 is 27.5 Å². The topological polar surface area (TPSA) is 52.9 Å². The lowest BCUT2D eigenvalue weighted by Gasteiger charge is -2.35. The number of benzene rings is 2. The number of anilines is 2. The van der Waals surface area contributed by atoms with E-state index >= 15 is 0 Å². The van der Waals surface area contributed by atoms with Gasteiger partial charge >= 0.3 is 6.03 Å². The summed E-state index contributed by atoms with van der Waals surface area (Å²) in [6.45, 7) is 4.63. The second-order valence-electron chi connectivity index (χ2n) is 7.70. The number of rotatable bonds is 2. The van der Waals surface area contributed by atoms with E-state index in [-0.39, 0.29) is 6.03 Å². The number of nitrogens with zero attached hydrogens (tertiary/aromatic N) is 4. The number of urea groups is 1. The van der Waals surface area contributed by atoms with E-state index in [4.69, 9.17) is 16.6 Å². The zero-order valence-corrected chi connectivity index (χ0v) is 19.3. The summed E-state index contributed by atoms with van der Waals surface area (Å²) in [6, 6.07) is 15.7. The number of hydrogen-bond donors (Lipinski definition) is 1. The average Bonchev–Trinajstić information content (AvgIpc) is 3.25. The molecule has 0 radical (unpaired) electrons. The van der Waals surface area contributed by atoms with Gasteiger partial charge in [0.15, 0.2) is 5.82 Å². The summed E-state index contributed by atoms with van der Waals surface area (Å²) in [5.74, 6) is 0.946. The number of aromatic nitrogens is 2. The summed E-state index contributed by atoms with van der Waals surface area (Å²) in [4.78, 5) is 21.8. The van der Waals surface area contributed by atoms with Gasteiger partial charge in [-0.3, -0.25) is 0 Å². The lowest BCUT2D eigenvalue weighted by Crippen LogP contribution is -2.50. The maximum Gasteiger partial charge on any atom is 0.321 e. The number of carbonyl (C=O) groups excluding carboxylic acids is 1. The molecule has 2 amide bonds. The fraction of sp³-hybridized carbons (Fsp3) is 0.217. The molecule has 1 fully saturated rings. The Kier molecular flexibility index (Phi) is 5.24. The van der Waals surface area contributed by atoms with E-state index in [1.54, 1.807) is 6.07 Å². The first kappa shape index (κ1) is 20.2. The van der Waals surface area contributed by atoms with Gasteiger partial charge in [0, 0.05) is 47.6 Å². The molecule has 3 heterocycles. The molecule has 5 rings (SSSR count). The third-order valence-electron chi connectivity index (χ3n) is 5.71. The van der Waals surface area contributed by atoms with Crippen LogP contribution in [0.1, 0.15) is 5.56 Å². The molecule has 0 aliphatic carbocycles. The molecule has 0 bridgehead atoms. The van der Waals surface area contributed by atoms with Crippen molar-refractivity contribution in [2.75, 3.05) is 36.4 Å². The van der Waals surface area contributed by atoms with Crippen LogP contribution < -0.4 is 10.2 Å². The van der Waals surface area contributed by atoms with Crippen molar-refractivity contribution < 1.29 is 4.79 Å². The highest BCUT2D eigenvalue weighted by molar-refractivity contribution is 9.10. The molecular weight excluding hydrogens is 478 g/mol. The van der Waals surface area contributed by atoms with Gasteiger partial charge in [0.05, 0.1) is 16.6 Å². The summed E-state index contributed by atoms with van der Waals surface area (Å²) >= 11 is 9.63. The van der Waals surface area contributed by atoms with Gasteiger partial charge in [-0.25, -0.2) is 9.78 Å². The third kappa shape index (κ3) is 3.83. The predicted molar refractivity (Wildman–Crippen MR) is 129 cm³/mol. The van der Waals surface area contributed by atoms with Crippen LogP contribution in [0.25, 0.3) is 16.6 Å². The lowest BCUT2D eigenvalue weighted by molar-refractivity contribution is 0.208. The Morgan fingerprint density at radius 1 is 1.06 bits per heavy atom. The van der Waals surface area contributed by atoms with Gasteiger partial charge in [0.25, 0.3) is 0 Å². The molecule has 1 aliphatic rings. The van der Waals surface area contributed by atoms with Crippen molar-refractivity contribution in [3.8, 4) is 0 Å². The normalized spacial score (nSPS) is 14.4. The molecule has 0 atom stereocenters. The number of piperazine rings is 1. The van der Waals surface area contributed by atoms with Crippen LogP contribution in [0.2, 0.25) is 5.02 Å². The molecule has 2 aromatic heterocycles. The zero-order chi connectivity index (χ0) is 21.5. The predicted octanol–water partition coefficient (Wildman–Crippen LogP) is 5.57. The third-order valence-corrected chi connectivity index (χ3v) is 6.44. The van der Waals surface area contributed by atoms with Crippen LogP contribution in [-0.2, 0) is 0 Å². The minimum Gasteiger partial charge on any atom is -0.351 e. The van der Waals surface area contributed by atoms with Crippen LogP contribution in [0.4, 0.5) is 16.3 Å². The van der Waals surface area contributed by atoms with Gasteiger partial charge in [-0.1, -0.05) is 33.6 Å². The van der Waals surface area contributed by atoms with Crippen LogP contribution in [0.5, 0.6) is 0 Å². The van der Waals surface area contributed by atoms with Crippen LogP contribution in [-0.4, -0.2) is 46.5 Å². The fourth-order valence-electron chi connectivity index (χ4n) is 4.01. The number of nitrogens with one attached hydrogen (secondary N) is 1. The molecule has 1 N–H and O–H groups in total. The van der Waals surface area contributed by atoms with E-state index in [2.05, 4.69) is 48.9 Å². The summed E-state index contributed by atoms with van der Waals surface area (Å²) < 4.78 is 3.17. The Labute approximate surface area is 193 Å². The van der Waals surface area contributed by atoms with E-state index in [9.17, 15) is 4.79 Å². The first-order chi connectivity index (χ1) is 15.0. The average molecular weight is 499 g/mol. The molecule has 0 saturated carbocycles. The molecule has 8 heteroatoms. The monoisotopic (exact) mass is 497 g/mol. The van der Waals surface area contributed by atoms with Crippen molar-refractivity contribution in [2.24, 2.45) is 0 Å². The summed E-state index contributed by atoms with van der Waals surface area (Å²) in [5.41, 5.74) is 4.81. The van der Waals surface area contributed by atoms with Crippen LogP contribution in [0.3, 0.4) is 0 Å². The lowest BCUT2D eigenvalue weighted by atomic mass is 10.2. The van der Waals surface area contributed by atoms with Gasteiger partial charge in [0.2, 0.25) is 0 Å². The molecule has 1 saturated heterocycles. The number of fused-ring (bicyclic) bond motifs is 3. The quantitative estimate of drug-likeness (QED) is 0.393. The standard InChI is InChI=1S/C23H21BrClN5O/c1-15-4-6-17(25)14-18(15)27-23(31)29-11-9-28(10-12-29)22-21-3-2-8-30(21)20-7-5-16(24)13-19(20)26-22/h2-8,13-14H,9-12H2,1H3,(H,27,31). The maximum absolute atomic E-state index is 12.8. The van der Waals surface area contributed by atoms with Gasteiger partial charge in [-0.05, 0) is 55.0 Å². The molecule has 158 valence electrons. The Morgan fingerprint density at radius 2 is 1.87 bits per heavy atom. The second-order valence-corrected chi connectivity index (χ2v) is 9.05. The molecule has 4 aromatic rings. The number of aryl methyl sites for hydroxylation is 1. The van der Waals surface area contributed by atoms with Crippen molar-refractivity contribution in [1.82, 2.24) is 14.3 Å². The Morgan fingerprint density at radius 3 is 2.68 bits per heavy atom. The van der Waals surface area contributed by atoms with E-state index in [0.717, 1.165) is 51.2 Å². The van der Waals surface area contributed by atoms with Gasteiger partial charge in [0.1, 0.15) is 0 Å². The van der Waals surface area contributed by atoms with Crippen molar-refractivity contribution in [3.05, 3.63) is 69.8 Å². The van der Waals surface area contributed by atoms with Gasteiger partial charge < -0.3 is 19.5 Å². The summed E-state index contributed by atoms with van der Waals surface area (Å²) in [7, 11) is 0. The smallest absolute Gasteiger partial charge is 0.321 e. The van der Waals surface area contributed by atoms with Crippen LogP contribution in [0.15, 0.2) is 59.2 Å². The minimum atomic E-state index is -0.103. The van der Waals surface area contributed by atoms with Gasteiger partial charge in [-0.2, -0.15) is 0 Å². The molecule has 31 heavy (non-hydrogen) atoms. The summed E-state index contributed by atoms with van der Waals surface area (Å²) in [6.07, 6.45) is 2.06. The Hall–Kier alpha value is -2.77. The zero-order valence-electron chi connectivity index (χ0n) is 17.0. The highest BCUT2D eigenvalue weighted by atomic mass is 79.9. The van der Waals surface area contributed by atoms with Crippen molar-refractivity contribution >= 4 is 61.6 Å². The second kappa shape index (κ2) is 8.05. The first-order valence-corrected chi connectivity index (χ1v) is 11.3. The van der Waals surface area contributed by atoms with Crippen molar-refractivity contribution in [1.29, 1.82) is 0 Å². The molecular formula is C23H21BrClN5O. The Balaban J connectivity index is 1.35. The minimum absolute atomic E-state index is 0.103. The highest BCUT2D eigenvalue weighted by Crippen LogP contribution is 2.28. The molecule has 0 spiro atoms. The molecule has 6 nitrogen and oxygen atoms in total. The van der Waals surface area contributed by atoms with Crippen LogP contribution in [0, 0.1) is 6.92 Å². The fourth-order valence-corrected chi connectivity index (χ4v) is 4.53. The molecule has 0 unspecified atom stereocenters. The number of hydrogen-bond acceptors (Lipinski definition) is 3. The van der Waals surface area contributed by atoms with E-state index in [1.165, 1.54) is 0 Å². The van der Waals surface area contributed by atoms with Crippen molar-refractivity contribution in [2.45, 2.75) is 6.92 Å². The summed E-state index contributed by atoms with van der Waals surface area (Å²) in [5, 5.41) is 3.60. The van der Waals surface area contributed by atoms with Crippen molar-refractivity contribution in [3.63, 3.8) is 0 Å². The first-order valence-electron chi connectivity index (χ1n) is 10.1. The Bertz CT molecular complexity index is 1300. The van der Waals surface area contributed by atoms with E-state index in [1.807, 2.05) is 42.2 Å². The van der Waals surface area contributed by atoms with Gasteiger partial charge in [-0.15, -0.1) is 0 Å².